The van der Waals surface area contributed by atoms with Crippen LogP contribution in [0.5, 0.6) is 0 Å². The average molecular weight is 570 g/mol. The number of amides is 1. The number of aromatic nitrogens is 1. The van der Waals surface area contributed by atoms with Gasteiger partial charge in [-0.3, -0.25) is 24.0 Å². The van der Waals surface area contributed by atoms with Gasteiger partial charge in [0.1, 0.15) is 21.8 Å². The molecule has 0 N–H and O–H groups in total. The molecule has 7 nitrogen and oxygen atoms in total. The van der Waals surface area contributed by atoms with E-state index in [0.717, 1.165) is 44.1 Å². The Balaban J connectivity index is 1.47. The summed E-state index contributed by atoms with van der Waals surface area (Å²) in [5.41, 5.74) is 3.32. The van der Waals surface area contributed by atoms with Crippen molar-refractivity contribution in [1.82, 2.24) is 14.4 Å². The minimum atomic E-state index is -0.330. The molecule has 2 saturated heterocycles. The van der Waals surface area contributed by atoms with Gasteiger partial charge in [0.2, 0.25) is 0 Å². The number of nitriles is 1. The lowest BCUT2D eigenvalue weighted by molar-refractivity contribution is -0.123. The number of carbonyl (C=O) groups is 1. The third-order valence-electron chi connectivity index (χ3n) is 7.66. The predicted molar refractivity (Wildman–Crippen MR) is 165 cm³/mol. The van der Waals surface area contributed by atoms with Crippen molar-refractivity contribution in [3.8, 4) is 6.07 Å². The van der Waals surface area contributed by atoms with Crippen LogP contribution < -0.4 is 10.5 Å². The zero-order chi connectivity index (χ0) is 28.4. The second kappa shape index (κ2) is 11.8. The van der Waals surface area contributed by atoms with Crippen LogP contribution in [0.4, 0.5) is 5.82 Å². The SMILES string of the molecule is Cc1c(/C=C2/SC(=S)N(C(C)c3ccccc3)C2=O)c(N2CCN(Cc3ccccc3)CC2)n(C)c(=O)c1C#N. The number of piperazine rings is 1. The molecule has 2 aliphatic rings. The number of nitrogens with zero attached hydrogens (tertiary/aromatic N) is 5. The van der Waals surface area contributed by atoms with Crippen molar-refractivity contribution in [2.24, 2.45) is 7.05 Å². The Bertz CT molecular complexity index is 1570. The highest BCUT2D eigenvalue weighted by Gasteiger charge is 2.36. The molecule has 5 rings (SSSR count). The van der Waals surface area contributed by atoms with Gasteiger partial charge >= 0.3 is 0 Å². The molecule has 1 aromatic heterocycles. The fraction of sp³-hybridized carbons (Fsp3) is 0.290. The van der Waals surface area contributed by atoms with Gasteiger partial charge in [0.25, 0.3) is 11.5 Å². The lowest BCUT2D eigenvalue weighted by Gasteiger charge is -2.37. The molecule has 1 unspecified atom stereocenters. The largest absolute Gasteiger partial charge is 0.355 e. The summed E-state index contributed by atoms with van der Waals surface area (Å²) in [5.74, 6) is 0.555. The number of hydrogen-bond acceptors (Lipinski definition) is 7. The Morgan fingerprint density at radius 3 is 2.27 bits per heavy atom. The molecule has 2 aromatic carbocycles. The Morgan fingerprint density at radius 2 is 1.65 bits per heavy atom. The van der Waals surface area contributed by atoms with Crippen molar-refractivity contribution in [2.75, 3.05) is 31.1 Å². The van der Waals surface area contributed by atoms with Crippen LogP contribution in [0.15, 0.2) is 70.4 Å². The zero-order valence-corrected chi connectivity index (χ0v) is 24.5. The van der Waals surface area contributed by atoms with E-state index in [2.05, 4.69) is 40.1 Å². The molecule has 1 amide bonds. The van der Waals surface area contributed by atoms with E-state index in [0.29, 0.717) is 20.4 Å². The fourth-order valence-corrected chi connectivity index (χ4v) is 6.78. The summed E-state index contributed by atoms with van der Waals surface area (Å²) in [4.78, 5) is 33.6. The number of carbonyl (C=O) groups excluding carboxylic acids is 1. The van der Waals surface area contributed by atoms with Gasteiger partial charge in [0, 0.05) is 45.3 Å². The van der Waals surface area contributed by atoms with Crippen LogP contribution >= 0.6 is 24.0 Å². The van der Waals surface area contributed by atoms with Gasteiger partial charge in [-0.05, 0) is 36.6 Å². The quantitative estimate of drug-likeness (QED) is 0.310. The first-order valence-corrected chi connectivity index (χ1v) is 14.5. The lowest BCUT2D eigenvalue weighted by Crippen LogP contribution is -2.48. The van der Waals surface area contributed by atoms with E-state index in [1.807, 2.05) is 49.4 Å². The molecule has 0 bridgehead atoms. The van der Waals surface area contributed by atoms with Crippen LogP contribution in [0, 0.1) is 18.3 Å². The Morgan fingerprint density at radius 1 is 1.02 bits per heavy atom. The average Bonchev–Trinajstić information content (AvgIpc) is 3.25. The number of hydrogen-bond donors (Lipinski definition) is 0. The molecule has 2 fully saturated rings. The van der Waals surface area contributed by atoms with Crippen LogP contribution in [0.1, 0.15) is 40.8 Å². The summed E-state index contributed by atoms with van der Waals surface area (Å²) in [6, 6.07) is 22.1. The van der Waals surface area contributed by atoms with Gasteiger partial charge < -0.3 is 4.90 Å². The van der Waals surface area contributed by atoms with Gasteiger partial charge in [-0.2, -0.15) is 5.26 Å². The number of rotatable bonds is 6. The van der Waals surface area contributed by atoms with E-state index in [-0.39, 0.29) is 23.1 Å². The highest BCUT2D eigenvalue weighted by Crippen LogP contribution is 2.39. The molecular weight excluding hydrogens is 539 g/mol. The molecule has 1 atom stereocenters. The van der Waals surface area contributed by atoms with E-state index < -0.39 is 0 Å². The number of anilines is 1. The van der Waals surface area contributed by atoms with E-state index in [4.69, 9.17) is 12.2 Å². The monoisotopic (exact) mass is 569 g/mol. The first kappa shape index (κ1) is 27.8. The fourth-order valence-electron chi connectivity index (χ4n) is 5.38. The van der Waals surface area contributed by atoms with Crippen LogP contribution in [0.3, 0.4) is 0 Å². The van der Waals surface area contributed by atoms with Crippen molar-refractivity contribution in [2.45, 2.75) is 26.4 Å². The van der Waals surface area contributed by atoms with Crippen LogP contribution in [0.25, 0.3) is 6.08 Å². The predicted octanol–water partition coefficient (Wildman–Crippen LogP) is 4.85. The van der Waals surface area contributed by atoms with E-state index >= 15 is 0 Å². The summed E-state index contributed by atoms with van der Waals surface area (Å²) in [6.07, 6.45) is 1.82. The summed E-state index contributed by atoms with van der Waals surface area (Å²) in [6.45, 7) is 7.73. The molecule has 204 valence electrons. The van der Waals surface area contributed by atoms with Gasteiger partial charge in [-0.25, -0.2) is 0 Å². The van der Waals surface area contributed by atoms with E-state index in [1.165, 1.54) is 17.3 Å². The lowest BCUT2D eigenvalue weighted by atomic mass is 10.0. The van der Waals surface area contributed by atoms with Crippen molar-refractivity contribution < 1.29 is 4.79 Å². The van der Waals surface area contributed by atoms with Gasteiger partial charge in [-0.1, -0.05) is 84.6 Å². The number of thiocarbonyl (C=S) groups is 1. The Labute approximate surface area is 244 Å². The highest BCUT2D eigenvalue weighted by molar-refractivity contribution is 8.26. The van der Waals surface area contributed by atoms with Gasteiger partial charge in [-0.15, -0.1) is 0 Å². The Kier molecular flexibility index (Phi) is 8.22. The molecule has 3 aromatic rings. The van der Waals surface area contributed by atoms with Crippen molar-refractivity contribution >= 4 is 46.1 Å². The molecule has 0 spiro atoms. The van der Waals surface area contributed by atoms with Gasteiger partial charge in [0.05, 0.1) is 10.9 Å². The smallest absolute Gasteiger partial charge is 0.270 e. The van der Waals surface area contributed by atoms with Crippen LogP contribution in [0.2, 0.25) is 0 Å². The highest BCUT2D eigenvalue weighted by atomic mass is 32.2. The second-order valence-corrected chi connectivity index (χ2v) is 11.8. The topological polar surface area (TPSA) is 72.6 Å². The maximum Gasteiger partial charge on any atom is 0.270 e. The molecular formula is C31H31N5O2S2. The summed E-state index contributed by atoms with van der Waals surface area (Å²) >= 11 is 6.90. The first-order valence-electron chi connectivity index (χ1n) is 13.3. The van der Waals surface area contributed by atoms with Crippen LogP contribution in [-0.4, -0.2) is 50.8 Å². The normalized spacial score (nSPS) is 17.9. The number of thioether (sulfide) groups is 1. The number of pyridine rings is 1. The first-order chi connectivity index (χ1) is 19.3. The Hall–Kier alpha value is -3.71. The molecule has 3 heterocycles. The maximum absolute atomic E-state index is 13.7. The third-order valence-corrected chi connectivity index (χ3v) is 8.99. The second-order valence-electron chi connectivity index (χ2n) is 10.1. The van der Waals surface area contributed by atoms with Crippen LogP contribution in [-0.2, 0) is 18.4 Å². The molecule has 9 heteroatoms. The van der Waals surface area contributed by atoms with Gasteiger partial charge in [0.15, 0.2) is 0 Å². The standard InChI is InChI=1S/C31H31N5O2S2/c1-21-25(18-27-30(38)36(31(39)40-27)22(2)24-12-8-5-9-13-24)28(33(3)29(37)26(21)19-32)35-16-14-34(15-17-35)20-23-10-6-4-7-11-23/h4-13,18,22H,14-17,20H2,1-3H3/b27-18+. The summed E-state index contributed by atoms with van der Waals surface area (Å²) in [5, 5.41) is 9.81. The van der Waals surface area contributed by atoms with Crippen molar-refractivity contribution in [3.63, 3.8) is 0 Å². The van der Waals surface area contributed by atoms with E-state index in [9.17, 15) is 14.9 Å². The molecule has 2 aliphatic heterocycles. The molecule has 0 radical (unpaired) electrons. The van der Waals surface area contributed by atoms with E-state index in [1.54, 1.807) is 23.4 Å². The number of benzene rings is 2. The summed E-state index contributed by atoms with van der Waals surface area (Å²) in [7, 11) is 1.70. The third kappa shape index (κ3) is 5.35. The molecule has 0 saturated carbocycles. The van der Waals surface area contributed by atoms with Crippen molar-refractivity contribution in [1.29, 1.82) is 5.26 Å². The zero-order valence-electron chi connectivity index (χ0n) is 22.8. The molecule has 40 heavy (non-hydrogen) atoms. The van der Waals surface area contributed by atoms with Crippen molar-refractivity contribution in [3.05, 3.63) is 104 Å². The minimum Gasteiger partial charge on any atom is -0.355 e. The molecule has 0 aliphatic carbocycles. The summed E-state index contributed by atoms with van der Waals surface area (Å²) < 4.78 is 2.05. The minimum absolute atomic E-state index is 0.0911. The maximum atomic E-state index is 13.7.